The molecular formula is C13H12N2O. The second-order valence-electron chi connectivity index (χ2n) is 3.48. The highest BCUT2D eigenvalue weighted by molar-refractivity contribution is 5.54. The standard InChI is InChI=1S/C13H12N2O/c1-10-6-5-9-12(13(10)16)15-14-11-7-3-2-4-8-11/h2-9,16H,1H3. The van der Waals surface area contributed by atoms with Crippen molar-refractivity contribution in [1.82, 2.24) is 0 Å². The lowest BCUT2D eigenvalue weighted by atomic mass is 10.2. The Kier molecular flexibility index (Phi) is 2.96. The van der Waals surface area contributed by atoms with Crippen LogP contribution in [0.25, 0.3) is 0 Å². The number of hydrogen-bond donors (Lipinski definition) is 1. The van der Waals surface area contributed by atoms with E-state index >= 15 is 0 Å². The van der Waals surface area contributed by atoms with E-state index in [1.54, 1.807) is 6.07 Å². The van der Waals surface area contributed by atoms with Gasteiger partial charge >= 0.3 is 0 Å². The molecule has 0 atom stereocenters. The molecule has 2 aromatic rings. The first kappa shape index (κ1) is 10.4. The van der Waals surface area contributed by atoms with Gasteiger partial charge in [0.1, 0.15) is 11.4 Å². The van der Waals surface area contributed by atoms with Crippen molar-refractivity contribution in [2.75, 3.05) is 0 Å². The van der Waals surface area contributed by atoms with Crippen molar-refractivity contribution in [2.24, 2.45) is 10.2 Å². The summed E-state index contributed by atoms with van der Waals surface area (Å²) >= 11 is 0. The normalized spacial score (nSPS) is 10.8. The summed E-state index contributed by atoms with van der Waals surface area (Å²) in [5.41, 5.74) is 2.05. The van der Waals surface area contributed by atoms with Gasteiger partial charge in [-0.1, -0.05) is 30.3 Å². The fourth-order valence-corrected chi connectivity index (χ4v) is 1.33. The zero-order valence-corrected chi connectivity index (χ0v) is 8.96. The maximum absolute atomic E-state index is 9.72. The topological polar surface area (TPSA) is 45.0 Å². The van der Waals surface area contributed by atoms with Crippen molar-refractivity contribution in [3.05, 3.63) is 54.1 Å². The predicted octanol–water partition coefficient (Wildman–Crippen LogP) is 4.12. The van der Waals surface area contributed by atoms with Crippen molar-refractivity contribution < 1.29 is 5.11 Å². The van der Waals surface area contributed by atoms with Crippen LogP contribution in [0.2, 0.25) is 0 Å². The summed E-state index contributed by atoms with van der Waals surface area (Å²) in [5.74, 6) is 0.183. The van der Waals surface area contributed by atoms with Crippen molar-refractivity contribution >= 4 is 11.4 Å². The molecule has 2 aromatic carbocycles. The Bertz CT molecular complexity index is 507. The Morgan fingerprint density at radius 3 is 2.38 bits per heavy atom. The molecule has 0 aliphatic rings. The van der Waals surface area contributed by atoms with Gasteiger partial charge in [-0.2, -0.15) is 5.11 Å². The Labute approximate surface area is 94.1 Å². The zero-order valence-electron chi connectivity index (χ0n) is 8.96. The minimum atomic E-state index is 0.183. The largest absolute Gasteiger partial charge is 0.505 e. The SMILES string of the molecule is Cc1cccc(N=Nc2ccccc2)c1O. The van der Waals surface area contributed by atoms with Crippen LogP contribution in [0.4, 0.5) is 11.4 Å². The molecule has 0 spiro atoms. The Morgan fingerprint density at radius 1 is 0.875 bits per heavy atom. The molecule has 1 N–H and O–H groups in total. The summed E-state index contributed by atoms with van der Waals surface area (Å²) in [7, 11) is 0. The van der Waals surface area contributed by atoms with Gasteiger partial charge < -0.3 is 5.11 Å². The van der Waals surface area contributed by atoms with Gasteiger partial charge in [-0.25, -0.2) is 0 Å². The molecule has 0 saturated heterocycles. The first-order valence-electron chi connectivity index (χ1n) is 5.03. The number of aryl methyl sites for hydroxylation is 1. The summed E-state index contributed by atoms with van der Waals surface area (Å²) in [4.78, 5) is 0. The molecule has 0 radical (unpaired) electrons. The summed E-state index contributed by atoms with van der Waals surface area (Å²) in [5, 5.41) is 17.8. The van der Waals surface area contributed by atoms with E-state index in [-0.39, 0.29) is 5.75 Å². The molecule has 80 valence electrons. The number of azo groups is 1. The Balaban J connectivity index is 2.28. The van der Waals surface area contributed by atoms with Gasteiger partial charge in [0, 0.05) is 0 Å². The van der Waals surface area contributed by atoms with E-state index in [0.717, 1.165) is 11.3 Å². The van der Waals surface area contributed by atoms with Crippen LogP contribution in [0.3, 0.4) is 0 Å². The van der Waals surface area contributed by atoms with Crippen molar-refractivity contribution in [3.63, 3.8) is 0 Å². The summed E-state index contributed by atoms with van der Waals surface area (Å²) in [6.45, 7) is 1.83. The van der Waals surface area contributed by atoms with Crippen LogP contribution in [-0.4, -0.2) is 5.11 Å². The van der Waals surface area contributed by atoms with Gasteiger partial charge in [0.25, 0.3) is 0 Å². The van der Waals surface area contributed by atoms with Crippen LogP contribution in [0, 0.1) is 6.92 Å². The molecule has 0 unspecified atom stereocenters. The molecule has 3 heteroatoms. The number of para-hydroxylation sites is 1. The number of aromatic hydroxyl groups is 1. The molecule has 0 aromatic heterocycles. The van der Waals surface area contributed by atoms with E-state index < -0.39 is 0 Å². The van der Waals surface area contributed by atoms with Crippen molar-refractivity contribution in [1.29, 1.82) is 0 Å². The van der Waals surface area contributed by atoms with Crippen LogP contribution in [0.1, 0.15) is 5.56 Å². The number of phenols is 1. The Hall–Kier alpha value is -2.16. The third kappa shape index (κ3) is 2.25. The number of phenolic OH excluding ortho intramolecular Hbond substituents is 1. The van der Waals surface area contributed by atoms with Gasteiger partial charge in [0.05, 0.1) is 5.69 Å². The highest BCUT2D eigenvalue weighted by Gasteiger charge is 2.01. The number of nitrogens with zero attached hydrogens (tertiary/aromatic N) is 2. The lowest BCUT2D eigenvalue weighted by Gasteiger charge is -2.00. The first-order valence-corrected chi connectivity index (χ1v) is 5.03. The lowest BCUT2D eigenvalue weighted by Crippen LogP contribution is -1.73. The second-order valence-corrected chi connectivity index (χ2v) is 3.48. The molecule has 0 heterocycles. The van der Waals surface area contributed by atoms with Crippen LogP contribution in [-0.2, 0) is 0 Å². The van der Waals surface area contributed by atoms with Crippen LogP contribution in [0.15, 0.2) is 58.8 Å². The fourth-order valence-electron chi connectivity index (χ4n) is 1.33. The molecular weight excluding hydrogens is 200 g/mol. The lowest BCUT2D eigenvalue weighted by molar-refractivity contribution is 0.472. The minimum absolute atomic E-state index is 0.183. The zero-order chi connectivity index (χ0) is 11.4. The molecule has 2 rings (SSSR count). The van der Waals surface area contributed by atoms with E-state index in [1.807, 2.05) is 49.4 Å². The van der Waals surface area contributed by atoms with E-state index in [2.05, 4.69) is 10.2 Å². The highest BCUT2D eigenvalue weighted by atomic mass is 16.3. The smallest absolute Gasteiger partial charge is 0.145 e. The molecule has 3 nitrogen and oxygen atoms in total. The average Bonchev–Trinajstić information content (AvgIpc) is 2.32. The average molecular weight is 212 g/mol. The van der Waals surface area contributed by atoms with E-state index in [1.165, 1.54) is 0 Å². The Morgan fingerprint density at radius 2 is 1.62 bits per heavy atom. The minimum Gasteiger partial charge on any atom is -0.505 e. The van der Waals surface area contributed by atoms with Gasteiger partial charge in [0.2, 0.25) is 0 Å². The van der Waals surface area contributed by atoms with E-state index in [0.29, 0.717) is 5.69 Å². The molecule has 0 saturated carbocycles. The first-order chi connectivity index (χ1) is 7.77. The van der Waals surface area contributed by atoms with Crippen LogP contribution >= 0.6 is 0 Å². The number of hydrogen-bond acceptors (Lipinski definition) is 3. The quantitative estimate of drug-likeness (QED) is 0.748. The number of rotatable bonds is 2. The molecule has 0 aliphatic heterocycles. The molecule has 0 bridgehead atoms. The summed E-state index contributed by atoms with van der Waals surface area (Å²) in [6.07, 6.45) is 0. The fraction of sp³-hybridized carbons (Fsp3) is 0.0769. The van der Waals surface area contributed by atoms with E-state index in [9.17, 15) is 5.11 Å². The van der Waals surface area contributed by atoms with Gasteiger partial charge in [-0.05, 0) is 30.7 Å². The molecule has 16 heavy (non-hydrogen) atoms. The second kappa shape index (κ2) is 4.57. The predicted molar refractivity (Wildman–Crippen MR) is 63.5 cm³/mol. The monoisotopic (exact) mass is 212 g/mol. The van der Waals surface area contributed by atoms with Crippen LogP contribution in [0.5, 0.6) is 5.75 Å². The summed E-state index contributed by atoms with van der Waals surface area (Å²) in [6, 6.07) is 14.8. The van der Waals surface area contributed by atoms with Gasteiger partial charge in [-0.3, -0.25) is 0 Å². The maximum Gasteiger partial charge on any atom is 0.145 e. The number of benzene rings is 2. The van der Waals surface area contributed by atoms with Gasteiger partial charge in [-0.15, -0.1) is 5.11 Å². The maximum atomic E-state index is 9.72. The van der Waals surface area contributed by atoms with E-state index in [4.69, 9.17) is 0 Å². The molecule has 0 amide bonds. The van der Waals surface area contributed by atoms with Crippen molar-refractivity contribution in [2.45, 2.75) is 6.92 Å². The molecule has 0 fully saturated rings. The third-order valence-corrected chi connectivity index (χ3v) is 2.25. The van der Waals surface area contributed by atoms with Gasteiger partial charge in [0.15, 0.2) is 0 Å². The van der Waals surface area contributed by atoms with Crippen LogP contribution < -0.4 is 0 Å². The summed E-state index contributed by atoms with van der Waals surface area (Å²) < 4.78 is 0. The van der Waals surface area contributed by atoms with Crippen molar-refractivity contribution in [3.8, 4) is 5.75 Å². The highest BCUT2D eigenvalue weighted by Crippen LogP contribution is 2.30. The molecule has 0 aliphatic carbocycles. The third-order valence-electron chi connectivity index (χ3n) is 2.25.